The molecule has 0 fully saturated rings. The van der Waals surface area contributed by atoms with Crippen molar-refractivity contribution < 1.29 is 5.11 Å². The van der Waals surface area contributed by atoms with Crippen molar-refractivity contribution in [2.45, 2.75) is 117 Å². The van der Waals surface area contributed by atoms with E-state index in [0.29, 0.717) is 5.75 Å². The molecule has 2 nitrogen and oxygen atoms in total. The van der Waals surface area contributed by atoms with Crippen LogP contribution in [-0.2, 0) is 0 Å². The molecule has 0 saturated heterocycles. The molecule has 0 saturated carbocycles. The SMILES string of the molecule is CCCCCCCCCCN(CCCCCCCCCC)c1cccc(O)c1. The first kappa shape index (κ1) is 24.9. The van der Waals surface area contributed by atoms with Crippen LogP contribution >= 0.6 is 0 Å². The molecule has 2 heteroatoms. The van der Waals surface area contributed by atoms with Crippen LogP contribution in [0.1, 0.15) is 117 Å². The molecule has 162 valence electrons. The van der Waals surface area contributed by atoms with Gasteiger partial charge in [-0.3, -0.25) is 0 Å². The van der Waals surface area contributed by atoms with E-state index < -0.39 is 0 Å². The number of unbranched alkanes of at least 4 members (excludes halogenated alkanes) is 14. The van der Waals surface area contributed by atoms with E-state index in [0.717, 1.165) is 13.1 Å². The van der Waals surface area contributed by atoms with Gasteiger partial charge in [0.05, 0.1) is 0 Å². The van der Waals surface area contributed by atoms with E-state index in [1.165, 1.54) is 108 Å². The second kappa shape index (κ2) is 17.9. The molecule has 0 aliphatic rings. The number of anilines is 1. The van der Waals surface area contributed by atoms with Gasteiger partial charge in [0.15, 0.2) is 0 Å². The zero-order valence-electron chi connectivity index (χ0n) is 18.9. The van der Waals surface area contributed by atoms with Gasteiger partial charge >= 0.3 is 0 Å². The lowest BCUT2D eigenvalue weighted by atomic mass is 10.1. The molecule has 0 aliphatic carbocycles. The number of phenols is 1. The van der Waals surface area contributed by atoms with E-state index in [9.17, 15) is 5.11 Å². The highest BCUT2D eigenvalue weighted by Crippen LogP contribution is 2.22. The maximum atomic E-state index is 9.86. The Hall–Kier alpha value is -1.18. The van der Waals surface area contributed by atoms with Crippen LogP contribution in [0.2, 0.25) is 0 Å². The first-order chi connectivity index (χ1) is 13.8. The molecular formula is C26H47NO. The van der Waals surface area contributed by atoms with Crippen LogP contribution in [0.5, 0.6) is 5.75 Å². The zero-order chi connectivity index (χ0) is 20.3. The molecule has 1 N–H and O–H groups in total. The predicted molar refractivity (Wildman–Crippen MR) is 126 cm³/mol. The Morgan fingerprint density at radius 1 is 0.607 bits per heavy atom. The van der Waals surface area contributed by atoms with E-state index in [1.54, 1.807) is 6.07 Å². The first-order valence-electron chi connectivity index (χ1n) is 12.3. The fourth-order valence-corrected chi connectivity index (χ4v) is 3.93. The highest BCUT2D eigenvalue weighted by molar-refractivity contribution is 5.50. The predicted octanol–water partition coefficient (Wildman–Crippen LogP) is 8.48. The summed E-state index contributed by atoms with van der Waals surface area (Å²) in [6, 6.07) is 7.82. The lowest BCUT2D eigenvalue weighted by Crippen LogP contribution is -2.25. The number of phenolic OH excluding ortho intramolecular Hbond substituents is 1. The fraction of sp³-hybridized carbons (Fsp3) is 0.769. The Bertz CT molecular complexity index is 440. The van der Waals surface area contributed by atoms with Crippen molar-refractivity contribution >= 4 is 5.69 Å². The number of rotatable bonds is 19. The van der Waals surface area contributed by atoms with Gasteiger partial charge in [-0.25, -0.2) is 0 Å². The van der Waals surface area contributed by atoms with Gasteiger partial charge in [0, 0.05) is 24.8 Å². The van der Waals surface area contributed by atoms with Crippen molar-refractivity contribution in [3.63, 3.8) is 0 Å². The topological polar surface area (TPSA) is 23.5 Å². The summed E-state index contributed by atoms with van der Waals surface area (Å²) in [4.78, 5) is 2.49. The highest BCUT2D eigenvalue weighted by atomic mass is 16.3. The number of nitrogens with zero attached hydrogens (tertiary/aromatic N) is 1. The summed E-state index contributed by atoms with van der Waals surface area (Å²) in [6.45, 7) is 6.80. The maximum absolute atomic E-state index is 9.86. The molecular weight excluding hydrogens is 342 g/mol. The standard InChI is InChI=1S/C26H47NO/c1-3-5-7-9-11-13-15-17-22-27(25-20-19-21-26(28)24-25)23-18-16-14-12-10-8-6-4-2/h19-21,24,28H,3-18,22-23H2,1-2H3. The molecule has 0 heterocycles. The van der Waals surface area contributed by atoms with Gasteiger partial charge in [-0.15, -0.1) is 0 Å². The minimum absolute atomic E-state index is 0.384. The van der Waals surface area contributed by atoms with Gasteiger partial charge in [-0.2, -0.15) is 0 Å². The summed E-state index contributed by atoms with van der Waals surface area (Å²) in [5.74, 6) is 0.384. The molecule has 1 aromatic carbocycles. The summed E-state index contributed by atoms with van der Waals surface area (Å²) in [5, 5.41) is 9.86. The third-order valence-electron chi connectivity index (χ3n) is 5.76. The number of aromatic hydroxyl groups is 1. The third kappa shape index (κ3) is 13.1. The van der Waals surface area contributed by atoms with Crippen molar-refractivity contribution in [1.82, 2.24) is 0 Å². The van der Waals surface area contributed by atoms with Crippen LogP contribution in [0.15, 0.2) is 24.3 Å². The van der Waals surface area contributed by atoms with Gasteiger partial charge in [0.25, 0.3) is 0 Å². The molecule has 0 bridgehead atoms. The van der Waals surface area contributed by atoms with E-state index in [2.05, 4.69) is 24.8 Å². The molecule has 1 aromatic rings. The van der Waals surface area contributed by atoms with E-state index in [4.69, 9.17) is 0 Å². The molecule has 0 atom stereocenters. The quantitative estimate of drug-likeness (QED) is 0.240. The largest absolute Gasteiger partial charge is 0.508 e. The normalized spacial score (nSPS) is 11.1. The van der Waals surface area contributed by atoms with Crippen molar-refractivity contribution in [1.29, 1.82) is 0 Å². The number of benzene rings is 1. The molecule has 1 rings (SSSR count). The Morgan fingerprint density at radius 2 is 1.04 bits per heavy atom. The van der Waals surface area contributed by atoms with Crippen LogP contribution in [-0.4, -0.2) is 18.2 Å². The summed E-state index contributed by atoms with van der Waals surface area (Å²) >= 11 is 0. The van der Waals surface area contributed by atoms with Crippen LogP contribution in [0.25, 0.3) is 0 Å². The fourth-order valence-electron chi connectivity index (χ4n) is 3.93. The smallest absolute Gasteiger partial charge is 0.117 e. The lowest BCUT2D eigenvalue weighted by Gasteiger charge is -2.25. The monoisotopic (exact) mass is 389 g/mol. The average Bonchev–Trinajstić information content (AvgIpc) is 2.70. The number of hydrogen-bond acceptors (Lipinski definition) is 2. The van der Waals surface area contributed by atoms with Crippen molar-refractivity contribution in [2.75, 3.05) is 18.0 Å². The second-order valence-corrected chi connectivity index (χ2v) is 8.46. The van der Waals surface area contributed by atoms with E-state index in [-0.39, 0.29) is 0 Å². The second-order valence-electron chi connectivity index (χ2n) is 8.46. The molecule has 0 unspecified atom stereocenters. The summed E-state index contributed by atoms with van der Waals surface area (Å²) in [6.07, 6.45) is 21.8. The minimum atomic E-state index is 0.384. The van der Waals surface area contributed by atoms with Crippen molar-refractivity contribution in [3.8, 4) is 5.75 Å². The Kier molecular flexibility index (Phi) is 15.9. The Morgan fingerprint density at radius 3 is 1.46 bits per heavy atom. The first-order valence-corrected chi connectivity index (χ1v) is 12.3. The minimum Gasteiger partial charge on any atom is -0.508 e. The van der Waals surface area contributed by atoms with Gasteiger partial charge < -0.3 is 10.0 Å². The average molecular weight is 390 g/mol. The maximum Gasteiger partial charge on any atom is 0.117 e. The van der Waals surface area contributed by atoms with Crippen molar-refractivity contribution in [3.05, 3.63) is 24.3 Å². The van der Waals surface area contributed by atoms with Crippen LogP contribution < -0.4 is 4.90 Å². The molecule has 0 aromatic heterocycles. The van der Waals surface area contributed by atoms with E-state index >= 15 is 0 Å². The van der Waals surface area contributed by atoms with Crippen LogP contribution in [0.3, 0.4) is 0 Å². The summed E-state index contributed by atoms with van der Waals surface area (Å²) < 4.78 is 0. The molecule has 28 heavy (non-hydrogen) atoms. The van der Waals surface area contributed by atoms with Gasteiger partial charge in [0.1, 0.15) is 5.75 Å². The molecule has 0 spiro atoms. The third-order valence-corrected chi connectivity index (χ3v) is 5.76. The lowest BCUT2D eigenvalue weighted by molar-refractivity contribution is 0.475. The van der Waals surface area contributed by atoms with Gasteiger partial charge in [-0.1, -0.05) is 110 Å². The Labute approximate surface area is 175 Å². The summed E-state index contributed by atoms with van der Waals surface area (Å²) in [7, 11) is 0. The van der Waals surface area contributed by atoms with Crippen molar-refractivity contribution in [2.24, 2.45) is 0 Å². The molecule has 0 aliphatic heterocycles. The number of hydrogen-bond donors (Lipinski definition) is 1. The molecule has 0 amide bonds. The molecule has 0 radical (unpaired) electrons. The Balaban J connectivity index is 2.25. The van der Waals surface area contributed by atoms with Crippen LogP contribution in [0.4, 0.5) is 5.69 Å². The van der Waals surface area contributed by atoms with Gasteiger partial charge in [0.2, 0.25) is 0 Å². The van der Waals surface area contributed by atoms with Crippen LogP contribution in [0, 0.1) is 0 Å². The zero-order valence-corrected chi connectivity index (χ0v) is 18.9. The summed E-state index contributed by atoms with van der Waals surface area (Å²) in [5.41, 5.74) is 1.19. The highest BCUT2D eigenvalue weighted by Gasteiger charge is 2.07. The van der Waals surface area contributed by atoms with E-state index in [1.807, 2.05) is 12.1 Å². The van der Waals surface area contributed by atoms with Gasteiger partial charge in [-0.05, 0) is 25.0 Å².